The lowest BCUT2D eigenvalue weighted by Crippen LogP contribution is -2.32. The van der Waals surface area contributed by atoms with Gasteiger partial charge in [-0.05, 0) is 47.3 Å². The number of thiophene rings is 1. The fraction of sp³-hybridized carbons (Fsp3) is 0.692. The summed E-state index contributed by atoms with van der Waals surface area (Å²) in [6.07, 6.45) is 1.15. The maximum absolute atomic E-state index is 6.17. The average Bonchev–Trinajstić information content (AvgIpc) is 2.70. The molecule has 1 aromatic heterocycles. The van der Waals surface area contributed by atoms with Crippen LogP contribution in [-0.4, -0.2) is 12.1 Å². The number of rotatable bonds is 6. The minimum atomic E-state index is 0.00806. The van der Waals surface area contributed by atoms with E-state index in [0.717, 1.165) is 10.2 Å². The largest absolute Gasteiger partial charge is 0.368 e. The third kappa shape index (κ3) is 4.36. The first-order chi connectivity index (χ1) is 7.95. The monoisotopic (exact) mass is 319 g/mol. The van der Waals surface area contributed by atoms with Crippen LogP contribution in [0.1, 0.15) is 45.1 Å². The van der Waals surface area contributed by atoms with Crippen molar-refractivity contribution in [3.8, 4) is 0 Å². The number of hydrogen-bond acceptors (Lipinski definition) is 3. The summed E-state index contributed by atoms with van der Waals surface area (Å²) in [5.74, 6) is 0.505. The van der Waals surface area contributed by atoms with Gasteiger partial charge in [0, 0.05) is 10.9 Å². The first kappa shape index (κ1) is 15.2. The molecule has 0 aromatic carbocycles. The predicted molar refractivity (Wildman–Crippen MR) is 78.4 cm³/mol. The van der Waals surface area contributed by atoms with E-state index in [1.165, 1.54) is 4.88 Å². The molecule has 0 spiro atoms. The van der Waals surface area contributed by atoms with Crippen LogP contribution in [-0.2, 0) is 4.74 Å². The van der Waals surface area contributed by atoms with Gasteiger partial charge in [0.15, 0.2) is 0 Å². The Balaban J connectivity index is 2.81. The molecular weight excluding hydrogens is 298 g/mol. The van der Waals surface area contributed by atoms with Gasteiger partial charge in [-0.2, -0.15) is 0 Å². The molecular formula is C13H22BrNOS. The SMILES string of the molecule is CCC(N)C(OC(C)C(C)C)c1ccc(Br)s1. The third-order valence-corrected chi connectivity index (χ3v) is 4.72. The van der Waals surface area contributed by atoms with E-state index in [0.29, 0.717) is 5.92 Å². The molecule has 4 heteroatoms. The Kier molecular flexibility index (Phi) is 6.13. The molecule has 17 heavy (non-hydrogen) atoms. The Labute approximate surface area is 117 Å². The van der Waals surface area contributed by atoms with Crippen molar-refractivity contribution in [2.45, 2.75) is 52.4 Å². The molecule has 2 nitrogen and oxygen atoms in total. The van der Waals surface area contributed by atoms with E-state index in [4.69, 9.17) is 10.5 Å². The van der Waals surface area contributed by atoms with Crippen LogP contribution in [0.3, 0.4) is 0 Å². The minimum absolute atomic E-state index is 0.00806. The zero-order chi connectivity index (χ0) is 13.0. The first-order valence-electron chi connectivity index (χ1n) is 6.12. The Bertz CT molecular complexity index is 340. The van der Waals surface area contributed by atoms with Gasteiger partial charge < -0.3 is 10.5 Å². The van der Waals surface area contributed by atoms with Crippen LogP contribution in [0.15, 0.2) is 15.9 Å². The number of halogens is 1. The fourth-order valence-electron chi connectivity index (χ4n) is 1.46. The molecule has 98 valence electrons. The minimum Gasteiger partial charge on any atom is -0.368 e. The number of ether oxygens (including phenoxy) is 1. The summed E-state index contributed by atoms with van der Waals surface area (Å²) >= 11 is 5.19. The smallest absolute Gasteiger partial charge is 0.107 e. The lowest BCUT2D eigenvalue weighted by molar-refractivity contribution is -0.0377. The van der Waals surface area contributed by atoms with E-state index in [1.807, 2.05) is 0 Å². The first-order valence-corrected chi connectivity index (χ1v) is 7.72. The normalized spacial score (nSPS) is 17.1. The third-order valence-electron chi connectivity index (χ3n) is 3.03. The van der Waals surface area contributed by atoms with Crippen molar-refractivity contribution in [2.75, 3.05) is 0 Å². The van der Waals surface area contributed by atoms with Gasteiger partial charge in [-0.1, -0.05) is 20.8 Å². The molecule has 0 aliphatic carbocycles. The van der Waals surface area contributed by atoms with Gasteiger partial charge in [-0.25, -0.2) is 0 Å². The van der Waals surface area contributed by atoms with Gasteiger partial charge in [-0.15, -0.1) is 11.3 Å². The molecule has 0 radical (unpaired) electrons. The summed E-state index contributed by atoms with van der Waals surface area (Å²) < 4.78 is 7.26. The van der Waals surface area contributed by atoms with E-state index >= 15 is 0 Å². The van der Waals surface area contributed by atoms with E-state index in [1.54, 1.807) is 11.3 Å². The Morgan fingerprint density at radius 2 is 2.00 bits per heavy atom. The summed E-state index contributed by atoms with van der Waals surface area (Å²) in [5.41, 5.74) is 6.17. The van der Waals surface area contributed by atoms with Gasteiger partial charge in [0.1, 0.15) is 6.10 Å². The lowest BCUT2D eigenvalue weighted by atomic mass is 10.1. The second-order valence-electron chi connectivity index (χ2n) is 4.72. The summed E-state index contributed by atoms with van der Waals surface area (Å²) in [6.45, 7) is 8.56. The van der Waals surface area contributed by atoms with Crippen molar-refractivity contribution in [1.82, 2.24) is 0 Å². The molecule has 0 fully saturated rings. The Hall–Kier alpha value is 0.1000. The maximum atomic E-state index is 6.17. The number of hydrogen-bond donors (Lipinski definition) is 1. The highest BCUT2D eigenvalue weighted by Gasteiger charge is 2.24. The zero-order valence-corrected chi connectivity index (χ0v) is 13.3. The van der Waals surface area contributed by atoms with Crippen LogP contribution < -0.4 is 5.73 Å². The van der Waals surface area contributed by atoms with Crippen molar-refractivity contribution >= 4 is 27.3 Å². The average molecular weight is 320 g/mol. The molecule has 1 rings (SSSR count). The topological polar surface area (TPSA) is 35.2 Å². The second kappa shape index (κ2) is 6.88. The van der Waals surface area contributed by atoms with E-state index in [9.17, 15) is 0 Å². The molecule has 0 aliphatic rings. The molecule has 2 N–H and O–H groups in total. The predicted octanol–water partition coefficient (Wildman–Crippen LogP) is 4.35. The summed E-state index contributed by atoms with van der Waals surface area (Å²) in [6, 6.07) is 4.21. The van der Waals surface area contributed by atoms with E-state index in [2.05, 4.69) is 55.8 Å². The molecule has 1 aromatic rings. The highest BCUT2D eigenvalue weighted by atomic mass is 79.9. The molecule has 0 aliphatic heterocycles. The molecule has 0 saturated carbocycles. The van der Waals surface area contributed by atoms with E-state index in [-0.39, 0.29) is 18.2 Å². The fourth-order valence-corrected chi connectivity index (χ4v) is 3.00. The van der Waals surface area contributed by atoms with Gasteiger partial charge in [0.2, 0.25) is 0 Å². The van der Waals surface area contributed by atoms with Crippen LogP contribution in [0.5, 0.6) is 0 Å². The van der Waals surface area contributed by atoms with Crippen LogP contribution in [0.2, 0.25) is 0 Å². The van der Waals surface area contributed by atoms with Crippen molar-refractivity contribution in [1.29, 1.82) is 0 Å². The highest BCUT2D eigenvalue weighted by Crippen LogP contribution is 2.33. The van der Waals surface area contributed by atoms with Crippen LogP contribution >= 0.6 is 27.3 Å². The van der Waals surface area contributed by atoms with E-state index < -0.39 is 0 Å². The van der Waals surface area contributed by atoms with Gasteiger partial charge >= 0.3 is 0 Å². The van der Waals surface area contributed by atoms with Crippen LogP contribution in [0.4, 0.5) is 0 Å². The van der Waals surface area contributed by atoms with Gasteiger partial charge in [0.05, 0.1) is 9.89 Å². The molecule has 0 bridgehead atoms. The van der Waals surface area contributed by atoms with Gasteiger partial charge in [-0.3, -0.25) is 0 Å². The number of nitrogens with two attached hydrogens (primary N) is 1. The Morgan fingerprint density at radius 1 is 1.35 bits per heavy atom. The highest BCUT2D eigenvalue weighted by molar-refractivity contribution is 9.11. The van der Waals surface area contributed by atoms with Gasteiger partial charge in [0.25, 0.3) is 0 Å². The summed E-state index contributed by atoms with van der Waals surface area (Å²) in [7, 11) is 0. The van der Waals surface area contributed by atoms with Crippen molar-refractivity contribution in [2.24, 2.45) is 11.7 Å². The van der Waals surface area contributed by atoms with Crippen molar-refractivity contribution < 1.29 is 4.74 Å². The molecule has 3 unspecified atom stereocenters. The standard InChI is InChI=1S/C13H22BrNOS/c1-5-10(15)13(16-9(4)8(2)3)11-6-7-12(14)17-11/h6-10,13H,5,15H2,1-4H3. The van der Waals surface area contributed by atoms with Crippen molar-refractivity contribution in [3.05, 3.63) is 20.8 Å². The quantitative estimate of drug-likeness (QED) is 0.846. The molecule has 1 heterocycles. The molecule has 0 saturated heterocycles. The summed E-state index contributed by atoms with van der Waals surface area (Å²) in [5, 5.41) is 0. The van der Waals surface area contributed by atoms with Crippen LogP contribution in [0, 0.1) is 5.92 Å². The lowest BCUT2D eigenvalue weighted by Gasteiger charge is -2.28. The maximum Gasteiger partial charge on any atom is 0.107 e. The molecule has 3 atom stereocenters. The van der Waals surface area contributed by atoms with Crippen molar-refractivity contribution in [3.63, 3.8) is 0 Å². The second-order valence-corrected chi connectivity index (χ2v) is 7.21. The van der Waals surface area contributed by atoms with Crippen LogP contribution in [0.25, 0.3) is 0 Å². The zero-order valence-electron chi connectivity index (χ0n) is 10.9. The Morgan fingerprint density at radius 3 is 2.41 bits per heavy atom. The molecule has 0 amide bonds. The summed E-state index contributed by atoms with van der Waals surface area (Å²) in [4.78, 5) is 1.21.